The standard InChI is InChI=1S/C14H25BN2O6S2/c1-12(2)10-16-24(18,19)22-15(14-8-6-5-7-9-14)23-25(20,21)17-11-13(3)4/h5-9,12-13,16-17H,10-11H2,1-4H3. The highest BCUT2D eigenvalue weighted by Crippen LogP contribution is 2.04. The minimum absolute atomic E-state index is 0.0610. The first-order valence-electron chi connectivity index (χ1n) is 7.91. The minimum Gasteiger partial charge on any atom is -0.281 e. The Morgan fingerprint density at radius 3 is 1.60 bits per heavy atom. The lowest BCUT2D eigenvalue weighted by Crippen LogP contribution is -2.46. The highest BCUT2D eigenvalue weighted by Gasteiger charge is 2.33. The zero-order valence-corrected chi connectivity index (χ0v) is 16.4. The van der Waals surface area contributed by atoms with Gasteiger partial charge in [-0.15, -0.1) is 0 Å². The molecule has 8 nitrogen and oxygen atoms in total. The molecule has 0 amide bonds. The largest absolute Gasteiger partial charge is 0.526 e. The SMILES string of the molecule is CC(C)CNS(=O)(=O)OB(OS(=O)(=O)NCC(C)C)c1ccccc1. The van der Waals surface area contributed by atoms with E-state index in [2.05, 4.69) is 9.44 Å². The number of rotatable bonds is 11. The van der Waals surface area contributed by atoms with Crippen LogP contribution < -0.4 is 14.9 Å². The topological polar surface area (TPSA) is 111 Å². The van der Waals surface area contributed by atoms with Crippen LogP contribution in [0, 0.1) is 11.8 Å². The lowest BCUT2D eigenvalue weighted by atomic mass is 9.80. The van der Waals surface area contributed by atoms with Crippen LogP contribution in [0.3, 0.4) is 0 Å². The molecule has 0 radical (unpaired) electrons. The summed E-state index contributed by atoms with van der Waals surface area (Å²) in [5.74, 6) is 0.122. The quantitative estimate of drug-likeness (QED) is 0.528. The first-order valence-corrected chi connectivity index (χ1v) is 10.7. The van der Waals surface area contributed by atoms with E-state index in [9.17, 15) is 16.8 Å². The maximum atomic E-state index is 12.0. The highest BCUT2D eigenvalue weighted by atomic mass is 32.2. The molecule has 0 atom stereocenters. The van der Waals surface area contributed by atoms with Gasteiger partial charge in [0.1, 0.15) is 0 Å². The van der Waals surface area contributed by atoms with Crippen LogP contribution in [0.4, 0.5) is 0 Å². The smallest absolute Gasteiger partial charge is 0.281 e. The second-order valence-corrected chi connectivity index (χ2v) is 9.11. The van der Waals surface area contributed by atoms with E-state index in [-0.39, 0.29) is 30.4 Å². The van der Waals surface area contributed by atoms with E-state index in [4.69, 9.17) is 8.20 Å². The molecule has 0 heterocycles. The Labute approximate surface area is 151 Å². The maximum absolute atomic E-state index is 12.0. The molecule has 0 saturated heterocycles. The molecule has 0 saturated carbocycles. The summed E-state index contributed by atoms with van der Waals surface area (Å²) in [6, 6.07) is 7.98. The molecule has 0 aliphatic heterocycles. The molecule has 142 valence electrons. The lowest BCUT2D eigenvalue weighted by molar-refractivity contribution is 0.399. The van der Waals surface area contributed by atoms with E-state index >= 15 is 0 Å². The van der Waals surface area contributed by atoms with Gasteiger partial charge in [0.25, 0.3) is 0 Å². The Morgan fingerprint density at radius 2 is 1.24 bits per heavy atom. The first kappa shape index (κ1) is 22.1. The summed E-state index contributed by atoms with van der Waals surface area (Å²) in [6.07, 6.45) is 0. The third kappa shape index (κ3) is 9.33. The molecule has 0 aliphatic rings. The monoisotopic (exact) mass is 392 g/mol. The molecular weight excluding hydrogens is 367 g/mol. The summed E-state index contributed by atoms with van der Waals surface area (Å²) >= 11 is 0. The Morgan fingerprint density at radius 1 is 0.840 bits per heavy atom. The van der Waals surface area contributed by atoms with Crippen molar-refractivity contribution >= 4 is 33.2 Å². The second kappa shape index (κ2) is 9.65. The van der Waals surface area contributed by atoms with Crippen LogP contribution in [-0.2, 0) is 28.8 Å². The van der Waals surface area contributed by atoms with Gasteiger partial charge in [-0.3, -0.25) is 8.20 Å². The molecule has 0 fully saturated rings. The number of hydrogen-bond acceptors (Lipinski definition) is 6. The van der Waals surface area contributed by atoms with Crippen molar-refractivity contribution in [3.8, 4) is 0 Å². The Kier molecular flexibility index (Phi) is 8.52. The fourth-order valence-electron chi connectivity index (χ4n) is 1.57. The number of nitrogens with one attached hydrogen (secondary N) is 2. The third-order valence-corrected chi connectivity index (χ3v) is 4.73. The van der Waals surface area contributed by atoms with Gasteiger partial charge in [0.05, 0.1) is 0 Å². The van der Waals surface area contributed by atoms with E-state index in [1.54, 1.807) is 18.2 Å². The van der Waals surface area contributed by atoms with Gasteiger partial charge < -0.3 is 0 Å². The summed E-state index contributed by atoms with van der Waals surface area (Å²) in [5.41, 5.74) is 0.257. The molecule has 1 rings (SSSR count). The first-order chi connectivity index (χ1) is 11.5. The van der Waals surface area contributed by atoms with Gasteiger partial charge in [0.2, 0.25) is 0 Å². The minimum atomic E-state index is -4.19. The molecule has 0 aliphatic carbocycles. The second-order valence-electron chi connectivity index (χ2n) is 6.33. The third-order valence-electron chi connectivity index (χ3n) is 2.84. The zero-order valence-electron chi connectivity index (χ0n) is 14.8. The average Bonchev–Trinajstić information content (AvgIpc) is 2.51. The summed E-state index contributed by atoms with van der Waals surface area (Å²) in [5, 5.41) is 0. The zero-order chi connectivity index (χ0) is 19.1. The van der Waals surface area contributed by atoms with Crippen LogP contribution in [0.2, 0.25) is 0 Å². The fourth-order valence-corrected chi connectivity index (χ4v) is 3.59. The molecule has 2 N–H and O–H groups in total. The van der Waals surface area contributed by atoms with Crippen LogP contribution >= 0.6 is 0 Å². The van der Waals surface area contributed by atoms with Crippen LogP contribution in [0.1, 0.15) is 27.7 Å². The molecular formula is C14H25BN2O6S2. The van der Waals surface area contributed by atoms with Crippen molar-refractivity contribution in [2.24, 2.45) is 11.8 Å². The van der Waals surface area contributed by atoms with E-state index in [1.807, 2.05) is 27.7 Å². The predicted octanol–water partition coefficient (Wildman–Crippen LogP) is 0.396. The van der Waals surface area contributed by atoms with Crippen molar-refractivity contribution in [1.29, 1.82) is 0 Å². The molecule has 1 aromatic rings. The number of hydrogen-bond donors (Lipinski definition) is 2. The Balaban J connectivity index is 2.95. The fraction of sp³-hybridized carbons (Fsp3) is 0.571. The molecule has 1 aromatic carbocycles. The van der Waals surface area contributed by atoms with Gasteiger partial charge in [0.15, 0.2) is 0 Å². The van der Waals surface area contributed by atoms with Gasteiger partial charge in [-0.25, -0.2) is 0 Å². The van der Waals surface area contributed by atoms with E-state index in [0.29, 0.717) is 0 Å². The van der Waals surface area contributed by atoms with Crippen LogP contribution in [0.25, 0.3) is 0 Å². The molecule has 0 bridgehead atoms. The Hall–Kier alpha value is -0.975. The molecule has 0 spiro atoms. The molecule has 0 aromatic heterocycles. The maximum Gasteiger partial charge on any atom is 0.526 e. The van der Waals surface area contributed by atoms with Gasteiger partial charge >= 0.3 is 27.7 Å². The highest BCUT2D eigenvalue weighted by molar-refractivity contribution is 7.87. The van der Waals surface area contributed by atoms with Crippen LogP contribution in [0.5, 0.6) is 0 Å². The van der Waals surface area contributed by atoms with Gasteiger partial charge in [-0.1, -0.05) is 58.0 Å². The Bertz CT molecular complexity index is 679. The molecule has 25 heavy (non-hydrogen) atoms. The van der Waals surface area contributed by atoms with Crippen molar-refractivity contribution in [1.82, 2.24) is 9.44 Å². The number of benzene rings is 1. The summed E-state index contributed by atoms with van der Waals surface area (Å²) in [4.78, 5) is 0. The van der Waals surface area contributed by atoms with Crippen molar-refractivity contribution < 1.29 is 25.0 Å². The van der Waals surface area contributed by atoms with E-state index in [0.717, 1.165) is 0 Å². The van der Waals surface area contributed by atoms with E-state index < -0.39 is 27.7 Å². The van der Waals surface area contributed by atoms with Crippen LogP contribution in [0.15, 0.2) is 30.3 Å². The normalized spacial score (nSPS) is 12.7. The van der Waals surface area contributed by atoms with Gasteiger partial charge in [-0.05, 0) is 17.3 Å². The average molecular weight is 392 g/mol. The lowest BCUT2D eigenvalue weighted by Gasteiger charge is -2.16. The van der Waals surface area contributed by atoms with Crippen molar-refractivity contribution in [2.45, 2.75) is 27.7 Å². The predicted molar refractivity (Wildman–Crippen MR) is 97.5 cm³/mol. The van der Waals surface area contributed by atoms with Crippen molar-refractivity contribution in [2.75, 3.05) is 13.1 Å². The van der Waals surface area contributed by atoms with Crippen molar-refractivity contribution in [3.05, 3.63) is 30.3 Å². The van der Waals surface area contributed by atoms with E-state index in [1.165, 1.54) is 12.1 Å². The summed E-state index contributed by atoms with van der Waals surface area (Å²) in [6.45, 7) is 7.62. The summed E-state index contributed by atoms with van der Waals surface area (Å²) in [7, 11) is -10.0. The van der Waals surface area contributed by atoms with Gasteiger partial charge in [0, 0.05) is 13.1 Å². The molecule has 0 unspecified atom stereocenters. The molecule has 11 heteroatoms. The van der Waals surface area contributed by atoms with Crippen molar-refractivity contribution in [3.63, 3.8) is 0 Å². The van der Waals surface area contributed by atoms with Gasteiger partial charge in [-0.2, -0.15) is 26.3 Å². The van der Waals surface area contributed by atoms with Crippen LogP contribution in [-0.4, -0.2) is 37.0 Å². The summed E-state index contributed by atoms with van der Waals surface area (Å²) < 4.78 is 62.5.